The molecule has 142 valence electrons. The molecule has 5 rings (SSSR count). The Labute approximate surface area is 165 Å². The van der Waals surface area contributed by atoms with Gasteiger partial charge in [0.25, 0.3) is 5.91 Å². The highest BCUT2D eigenvalue weighted by Crippen LogP contribution is 2.43. The Bertz CT molecular complexity index is 954. The molecule has 28 heavy (non-hydrogen) atoms. The average Bonchev–Trinajstić information content (AvgIpc) is 3.45. The second-order valence-electron chi connectivity index (χ2n) is 7.80. The van der Waals surface area contributed by atoms with E-state index in [2.05, 4.69) is 45.6 Å². The van der Waals surface area contributed by atoms with Gasteiger partial charge in [-0.1, -0.05) is 42.5 Å². The van der Waals surface area contributed by atoms with E-state index in [1.54, 1.807) is 6.20 Å². The first-order valence-corrected chi connectivity index (χ1v) is 9.92. The first-order valence-electron chi connectivity index (χ1n) is 9.92. The van der Waals surface area contributed by atoms with Gasteiger partial charge in [-0.25, -0.2) is 0 Å². The minimum Gasteiger partial charge on any atom is -0.331 e. The van der Waals surface area contributed by atoms with E-state index in [1.165, 1.54) is 5.56 Å². The third-order valence-electron chi connectivity index (χ3n) is 6.04. The lowest BCUT2D eigenvalue weighted by Gasteiger charge is -2.28. The quantitative estimate of drug-likeness (QED) is 0.766. The van der Waals surface area contributed by atoms with Crippen LogP contribution in [0.25, 0.3) is 0 Å². The van der Waals surface area contributed by atoms with Crippen molar-refractivity contribution >= 4 is 5.91 Å². The van der Waals surface area contributed by atoms with Gasteiger partial charge in [-0.3, -0.25) is 9.48 Å². The molecule has 0 aliphatic carbocycles. The maximum absolute atomic E-state index is 13.5. The monoisotopic (exact) mass is 372 g/mol. The smallest absolute Gasteiger partial charge is 0.254 e. The molecule has 0 spiro atoms. The van der Waals surface area contributed by atoms with Crippen molar-refractivity contribution < 1.29 is 4.79 Å². The van der Waals surface area contributed by atoms with Gasteiger partial charge in [0.15, 0.2) is 0 Å². The van der Waals surface area contributed by atoms with Gasteiger partial charge >= 0.3 is 0 Å². The molecule has 1 aromatic heterocycles. The minimum atomic E-state index is 0.130. The number of hydrogen-bond donors (Lipinski definition) is 1. The lowest BCUT2D eigenvalue weighted by Crippen LogP contribution is -2.34. The maximum atomic E-state index is 13.5. The summed E-state index contributed by atoms with van der Waals surface area (Å²) in [5.74, 6) is 1.14. The third-order valence-corrected chi connectivity index (χ3v) is 6.04. The van der Waals surface area contributed by atoms with Crippen LogP contribution in [0.5, 0.6) is 0 Å². The molecular weight excluding hydrogens is 348 g/mol. The van der Waals surface area contributed by atoms with E-state index in [0.717, 1.165) is 30.8 Å². The zero-order chi connectivity index (χ0) is 18.9. The first-order chi connectivity index (χ1) is 13.8. The van der Waals surface area contributed by atoms with Crippen molar-refractivity contribution in [3.8, 4) is 0 Å². The van der Waals surface area contributed by atoms with Crippen molar-refractivity contribution in [2.45, 2.75) is 12.6 Å². The van der Waals surface area contributed by atoms with Crippen LogP contribution in [0, 0.1) is 11.8 Å². The molecular formula is C23H24N4O. The Kier molecular flexibility index (Phi) is 4.45. The van der Waals surface area contributed by atoms with Gasteiger partial charge in [0.05, 0.1) is 12.6 Å². The fourth-order valence-corrected chi connectivity index (χ4v) is 4.76. The highest BCUT2D eigenvalue weighted by molar-refractivity contribution is 5.95. The molecule has 2 aromatic carbocycles. The average molecular weight is 372 g/mol. The predicted molar refractivity (Wildman–Crippen MR) is 108 cm³/mol. The number of amides is 1. The van der Waals surface area contributed by atoms with Gasteiger partial charge in [-0.15, -0.1) is 0 Å². The van der Waals surface area contributed by atoms with Crippen LogP contribution in [0.15, 0.2) is 73.1 Å². The summed E-state index contributed by atoms with van der Waals surface area (Å²) in [7, 11) is 0. The van der Waals surface area contributed by atoms with E-state index in [-0.39, 0.29) is 11.9 Å². The van der Waals surface area contributed by atoms with Crippen LogP contribution < -0.4 is 5.32 Å². The fourth-order valence-electron chi connectivity index (χ4n) is 4.76. The number of nitrogens with zero attached hydrogens (tertiary/aromatic N) is 3. The lowest BCUT2D eigenvalue weighted by molar-refractivity contribution is 0.0714. The summed E-state index contributed by atoms with van der Waals surface area (Å²) < 4.78 is 1.88. The second kappa shape index (κ2) is 7.24. The Morgan fingerprint density at radius 1 is 1.07 bits per heavy atom. The van der Waals surface area contributed by atoms with Gasteiger partial charge in [-0.05, 0) is 35.2 Å². The number of nitrogens with one attached hydrogen (secondary N) is 1. The van der Waals surface area contributed by atoms with Crippen LogP contribution in [-0.2, 0) is 6.54 Å². The Hall–Kier alpha value is -2.92. The molecule has 0 radical (unpaired) electrons. The molecule has 1 N–H and O–H groups in total. The predicted octanol–water partition coefficient (Wildman–Crippen LogP) is 2.96. The van der Waals surface area contributed by atoms with E-state index < -0.39 is 0 Å². The van der Waals surface area contributed by atoms with Gasteiger partial charge in [-0.2, -0.15) is 5.10 Å². The van der Waals surface area contributed by atoms with Gasteiger partial charge in [0.1, 0.15) is 0 Å². The van der Waals surface area contributed by atoms with Crippen molar-refractivity contribution in [3.63, 3.8) is 0 Å². The van der Waals surface area contributed by atoms with Crippen molar-refractivity contribution in [1.82, 2.24) is 20.0 Å². The van der Waals surface area contributed by atoms with E-state index in [1.807, 2.05) is 41.2 Å². The number of carbonyl (C=O) groups excluding carboxylic acids is 1. The number of aromatic nitrogens is 2. The van der Waals surface area contributed by atoms with Crippen molar-refractivity contribution in [2.24, 2.45) is 11.8 Å². The molecule has 3 atom stereocenters. The van der Waals surface area contributed by atoms with Crippen LogP contribution in [0.2, 0.25) is 0 Å². The van der Waals surface area contributed by atoms with Crippen molar-refractivity contribution in [3.05, 3.63) is 89.7 Å². The normalized spacial score (nSPS) is 23.7. The summed E-state index contributed by atoms with van der Waals surface area (Å²) >= 11 is 0. The standard InChI is InChI=1S/C23H24N4O/c28-23(19-9-4-6-17(12-19)15-26-11-5-10-25-26)27-16-20-13-24-14-21(20)22(27)18-7-2-1-3-8-18/h1-12,20-22,24H,13-16H2/t20-,21-,22-/m0/s1. The summed E-state index contributed by atoms with van der Waals surface area (Å²) in [4.78, 5) is 15.6. The highest BCUT2D eigenvalue weighted by Gasteiger charge is 2.46. The van der Waals surface area contributed by atoms with Gasteiger partial charge < -0.3 is 10.2 Å². The molecule has 2 fully saturated rings. The van der Waals surface area contributed by atoms with Crippen LogP contribution in [0.4, 0.5) is 0 Å². The maximum Gasteiger partial charge on any atom is 0.254 e. The largest absolute Gasteiger partial charge is 0.331 e. The number of carbonyl (C=O) groups is 1. The van der Waals surface area contributed by atoms with Crippen LogP contribution >= 0.6 is 0 Å². The van der Waals surface area contributed by atoms with Crippen LogP contribution in [-0.4, -0.2) is 40.2 Å². The van der Waals surface area contributed by atoms with Crippen molar-refractivity contribution in [1.29, 1.82) is 0 Å². The van der Waals surface area contributed by atoms with Crippen LogP contribution in [0.1, 0.15) is 27.5 Å². The van der Waals surface area contributed by atoms with Crippen LogP contribution in [0.3, 0.4) is 0 Å². The minimum absolute atomic E-state index is 0.130. The Morgan fingerprint density at radius 3 is 2.79 bits per heavy atom. The van der Waals surface area contributed by atoms with Crippen molar-refractivity contribution in [2.75, 3.05) is 19.6 Å². The summed E-state index contributed by atoms with van der Waals surface area (Å²) in [6.45, 7) is 3.47. The molecule has 3 heterocycles. The SMILES string of the molecule is O=C(c1cccc(Cn2cccn2)c1)N1C[C@@H]2CNC[C@@H]2[C@@H]1c1ccccc1. The zero-order valence-corrected chi connectivity index (χ0v) is 15.7. The number of rotatable bonds is 4. The van der Waals surface area contributed by atoms with Gasteiger partial charge in [0, 0.05) is 43.5 Å². The Morgan fingerprint density at radius 2 is 1.96 bits per heavy atom. The lowest BCUT2D eigenvalue weighted by atomic mass is 9.89. The number of benzene rings is 2. The molecule has 3 aromatic rings. The molecule has 2 aliphatic heterocycles. The van der Waals surface area contributed by atoms with E-state index in [9.17, 15) is 4.79 Å². The molecule has 2 aliphatic rings. The summed E-state index contributed by atoms with van der Waals surface area (Å²) in [5, 5.41) is 7.78. The number of fused-ring (bicyclic) bond motifs is 1. The molecule has 2 saturated heterocycles. The summed E-state index contributed by atoms with van der Waals surface area (Å²) in [6.07, 6.45) is 3.71. The summed E-state index contributed by atoms with van der Waals surface area (Å²) in [5.41, 5.74) is 3.09. The molecule has 5 heteroatoms. The number of likely N-dealkylation sites (tertiary alicyclic amines) is 1. The first kappa shape index (κ1) is 17.2. The van der Waals surface area contributed by atoms with Gasteiger partial charge in [0.2, 0.25) is 0 Å². The molecule has 1 amide bonds. The molecule has 5 nitrogen and oxygen atoms in total. The van der Waals surface area contributed by atoms with E-state index >= 15 is 0 Å². The molecule has 0 bridgehead atoms. The molecule has 0 saturated carbocycles. The molecule has 0 unspecified atom stereocenters. The van der Waals surface area contributed by atoms with E-state index in [0.29, 0.717) is 18.4 Å². The number of hydrogen-bond acceptors (Lipinski definition) is 3. The van der Waals surface area contributed by atoms with E-state index in [4.69, 9.17) is 0 Å². The topological polar surface area (TPSA) is 50.2 Å². The second-order valence-corrected chi connectivity index (χ2v) is 7.80. The highest BCUT2D eigenvalue weighted by atomic mass is 16.2. The summed E-state index contributed by atoms with van der Waals surface area (Å²) in [6, 6.07) is 20.5. The Balaban J connectivity index is 1.44. The zero-order valence-electron chi connectivity index (χ0n) is 15.7. The fraction of sp³-hybridized carbons (Fsp3) is 0.304. The third kappa shape index (κ3) is 3.12.